The third-order valence-corrected chi connectivity index (χ3v) is 4.28. The van der Waals surface area contributed by atoms with E-state index in [9.17, 15) is 0 Å². The van der Waals surface area contributed by atoms with Gasteiger partial charge in [-0.05, 0) is 74.9 Å². The second-order valence-corrected chi connectivity index (χ2v) is 5.61. The molecule has 2 atom stereocenters. The van der Waals surface area contributed by atoms with Crippen molar-refractivity contribution in [3.63, 3.8) is 0 Å². The zero-order chi connectivity index (χ0) is 13.1. The predicted molar refractivity (Wildman–Crippen MR) is 78.6 cm³/mol. The number of hydrogen-bond acceptors (Lipinski definition) is 2. The number of aryl methyl sites for hydroxylation is 1. The van der Waals surface area contributed by atoms with Crippen LogP contribution in [0.2, 0.25) is 0 Å². The second kappa shape index (κ2) is 5.79. The first-order valence-corrected chi connectivity index (χ1v) is 7.50. The van der Waals surface area contributed by atoms with Gasteiger partial charge in [-0.2, -0.15) is 0 Å². The Morgan fingerprint density at radius 2 is 2.16 bits per heavy atom. The van der Waals surface area contributed by atoms with Crippen molar-refractivity contribution in [1.29, 1.82) is 0 Å². The summed E-state index contributed by atoms with van der Waals surface area (Å²) in [7, 11) is 2.05. The van der Waals surface area contributed by atoms with E-state index in [0.29, 0.717) is 6.04 Å². The molecule has 0 amide bonds. The van der Waals surface area contributed by atoms with Gasteiger partial charge in [0.25, 0.3) is 0 Å². The molecule has 0 radical (unpaired) electrons. The van der Waals surface area contributed by atoms with Crippen molar-refractivity contribution in [3.8, 4) is 5.75 Å². The van der Waals surface area contributed by atoms with Crippen LogP contribution in [0.3, 0.4) is 0 Å². The number of ether oxygens (including phenoxy) is 1. The Bertz CT molecular complexity index is 466. The minimum atomic E-state index is 0.267. The molecule has 0 spiro atoms. The molecule has 1 aromatic rings. The Morgan fingerprint density at radius 1 is 1.21 bits per heavy atom. The molecule has 0 aliphatic heterocycles. The lowest BCUT2D eigenvalue weighted by Crippen LogP contribution is -2.22. The lowest BCUT2D eigenvalue weighted by Gasteiger charge is -2.26. The normalized spacial score (nSPS) is 25.9. The van der Waals surface area contributed by atoms with Gasteiger partial charge < -0.3 is 10.1 Å². The zero-order valence-electron chi connectivity index (χ0n) is 11.7. The van der Waals surface area contributed by atoms with Gasteiger partial charge in [0.15, 0.2) is 0 Å². The topological polar surface area (TPSA) is 21.3 Å². The molecular formula is C17H23NO. The smallest absolute Gasteiger partial charge is 0.120 e. The quantitative estimate of drug-likeness (QED) is 0.832. The number of benzene rings is 1. The number of hydrogen-bond donors (Lipinski definition) is 1. The molecule has 3 rings (SSSR count). The molecule has 2 aliphatic rings. The van der Waals surface area contributed by atoms with Gasteiger partial charge >= 0.3 is 0 Å². The summed E-state index contributed by atoms with van der Waals surface area (Å²) in [5.41, 5.74) is 2.92. The van der Waals surface area contributed by atoms with Gasteiger partial charge in [0.2, 0.25) is 0 Å². The highest BCUT2D eigenvalue weighted by molar-refractivity contribution is 5.39. The largest absolute Gasteiger partial charge is 0.486 e. The molecule has 0 fully saturated rings. The molecule has 0 heterocycles. The molecular weight excluding hydrogens is 234 g/mol. The van der Waals surface area contributed by atoms with Gasteiger partial charge in [-0.15, -0.1) is 0 Å². The van der Waals surface area contributed by atoms with Gasteiger partial charge in [-0.25, -0.2) is 0 Å². The van der Waals surface area contributed by atoms with E-state index in [0.717, 1.165) is 12.2 Å². The fourth-order valence-corrected chi connectivity index (χ4v) is 3.20. The Balaban J connectivity index is 1.79. The Hall–Kier alpha value is -1.28. The summed E-state index contributed by atoms with van der Waals surface area (Å²) < 4.78 is 6.10. The number of allylic oxidation sites excluding steroid dienone is 1. The van der Waals surface area contributed by atoms with Crippen LogP contribution in [0, 0.1) is 0 Å². The van der Waals surface area contributed by atoms with Crippen molar-refractivity contribution in [1.82, 2.24) is 5.32 Å². The first kappa shape index (κ1) is 12.7. The first-order chi connectivity index (χ1) is 9.36. The van der Waals surface area contributed by atoms with Gasteiger partial charge in [0.05, 0.1) is 0 Å². The van der Waals surface area contributed by atoms with Crippen LogP contribution in [0.4, 0.5) is 0 Å². The highest BCUT2D eigenvalue weighted by Crippen LogP contribution is 2.32. The summed E-state index contributed by atoms with van der Waals surface area (Å²) in [5.74, 6) is 1.03. The van der Waals surface area contributed by atoms with Gasteiger partial charge in [0.1, 0.15) is 11.9 Å². The summed E-state index contributed by atoms with van der Waals surface area (Å²) in [5, 5.41) is 3.42. The van der Waals surface area contributed by atoms with E-state index in [1.807, 2.05) is 0 Å². The third-order valence-electron chi connectivity index (χ3n) is 4.28. The van der Waals surface area contributed by atoms with Crippen LogP contribution in [0.5, 0.6) is 5.75 Å². The standard InChI is InChI=1S/C17H23NO/c1-18-17-9-5-6-13-10-11-15(12-16(13)17)19-14-7-3-2-4-8-14/h3,7,10-12,14,17-18H,2,4-6,8-9H2,1H3. The van der Waals surface area contributed by atoms with Crippen LogP contribution >= 0.6 is 0 Å². The van der Waals surface area contributed by atoms with E-state index in [-0.39, 0.29) is 6.10 Å². The van der Waals surface area contributed by atoms with E-state index >= 15 is 0 Å². The number of nitrogens with one attached hydrogen (secondary N) is 1. The van der Waals surface area contributed by atoms with E-state index in [4.69, 9.17) is 4.74 Å². The second-order valence-electron chi connectivity index (χ2n) is 5.61. The van der Waals surface area contributed by atoms with Gasteiger partial charge in [-0.1, -0.05) is 12.1 Å². The van der Waals surface area contributed by atoms with Crippen molar-refractivity contribution in [2.24, 2.45) is 0 Å². The van der Waals surface area contributed by atoms with Crippen molar-refractivity contribution in [3.05, 3.63) is 41.5 Å². The summed E-state index contributed by atoms with van der Waals surface area (Å²) in [4.78, 5) is 0. The number of fused-ring (bicyclic) bond motifs is 1. The fourth-order valence-electron chi connectivity index (χ4n) is 3.20. The van der Waals surface area contributed by atoms with Gasteiger partial charge in [-0.3, -0.25) is 0 Å². The maximum Gasteiger partial charge on any atom is 0.120 e. The monoisotopic (exact) mass is 257 g/mol. The highest BCUT2D eigenvalue weighted by Gasteiger charge is 2.20. The van der Waals surface area contributed by atoms with Crippen molar-refractivity contribution < 1.29 is 4.74 Å². The Kier molecular flexibility index (Phi) is 3.88. The summed E-state index contributed by atoms with van der Waals surface area (Å²) >= 11 is 0. The van der Waals surface area contributed by atoms with Crippen LogP contribution in [0.15, 0.2) is 30.4 Å². The van der Waals surface area contributed by atoms with Crippen LogP contribution in [0.25, 0.3) is 0 Å². The lowest BCUT2D eigenvalue weighted by molar-refractivity contribution is 0.229. The molecule has 0 saturated carbocycles. The molecule has 2 aliphatic carbocycles. The molecule has 1 aromatic carbocycles. The molecule has 0 aromatic heterocycles. The van der Waals surface area contributed by atoms with Crippen LogP contribution in [0.1, 0.15) is 49.3 Å². The van der Waals surface area contributed by atoms with Crippen LogP contribution in [-0.4, -0.2) is 13.2 Å². The van der Waals surface area contributed by atoms with Gasteiger partial charge in [0, 0.05) is 6.04 Å². The fraction of sp³-hybridized carbons (Fsp3) is 0.529. The maximum atomic E-state index is 6.10. The minimum Gasteiger partial charge on any atom is -0.486 e. The molecule has 1 N–H and O–H groups in total. The molecule has 0 saturated heterocycles. The Labute approximate surface area is 115 Å². The molecule has 102 valence electrons. The number of rotatable bonds is 3. The maximum absolute atomic E-state index is 6.10. The van der Waals surface area contributed by atoms with E-state index < -0.39 is 0 Å². The summed E-state index contributed by atoms with van der Waals surface area (Å²) in [6, 6.07) is 7.13. The highest BCUT2D eigenvalue weighted by atomic mass is 16.5. The van der Waals surface area contributed by atoms with Crippen LogP contribution in [-0.2, 0) is 6.42 Å². The molecule has 2 nitrogen and oxygen atoms in total. The van der Waals surface area contributed by atoms with E-state index in [1.165, 1.54) is 43.2 Å². The molecule has 2 heteroatoms. The molecule has 2 unspecified atom stereocenters. The average molecular weight is 257 g/mol. The molecule has 0 bridgehead atoms. The zero-order valence-corrected chi connectivity index (χ0v) is 11.7. The van der Waals surface area contributed by atoms with Crippen molar-refractivity contribution >= 4 is 0 Å². The van der Waals surface area contributed by atoms with Crippen molar-refractivity contribution in [2.75, 3.05) is 7.05 Å². The lowest BCUT2D eigenvalue weighted by atomic mass is 9.87. The van der Waals surface area contributed by atoms with E-state index in [2.05, 4.69) is 42.7 Å². The van der Waals surface area contributed by atoms with E-state index in [1.54, 1.807) is 0 Å². The minimum absolute atomic E-state index is 0.267. The summed E-state index contributed by atoms with van der Waals surface area (Å²) in [6.07, 6.45) is 12.0. The predicted octanol–water partition coefficient (Wildman–Crippen LogP) is 3.77. The van der Waals surface area contributed by atoms with Crippen LogP contribution < -0.4 is 10.1 Å². The summed E-state index contributed by atoms with van der Waals surface area (Å²) in [6.45, 7) is 0. The third kappa shape index (κ3) is 2.84. The van der Waals surface area contributed by atoms with Crippen molar-refractivity contribution in [2.45, 2.75) is 50.7 Å². The first-order valence-electron chi connectivity index (χ1n) is 7.50. The SMILES string of the molecule is CNC1CCCc2ccc(OC3C=CCCC3)cc21. The molecule has 19 heavy (non-hydrogen) atoms. The Morgan fingerprint density at radius 3 is 2.95 bits per heavy atom. The average Bonchev–Trinajstić information content (AvgIpc) is 2.47.